The van der Waals surface area contributed by atoms with E-state index in [4.69, 9.17) is 10.3 Å². The second kappa shape index (κ2) is 4.22. The van der Waals surface area contributed by atoms with Gasteiger partial charge in [0.1, 0.15) is 0 Å². The maximum absolute atomic E-state index is 11.2. The van der Waals surface area contributed by atoms with Crippen LogP contribution in [0.3, 0.4) is 0 Å². The normalized spacial score (nSPS) is 24.1. The van der Waals surface area contributed by atoms with E-state index in [1.165, 1.54) is 0 Å². The van der Waals surface area contributed by atoms with E-state index >= 15 is 0 Å². The summed E-state index contributed by atoms with van der Waals surface area (Å²) in [5, 5.41) is 17.5. The first kappa shape index (κ1) is 11.4. The smallest absolute Gasteiger partial charge is 0.304 e. The van der Waals surface area contributed by atoms with Crippen molar-refractivity contribution in [1.82, 2.24) is 5.06 Å². The Kier molecular flexibility index (Phi) is 3.43. The van der Waals surface area contributed by atoms with Crippen molar-refractivity contribution < 1.29 is 24.7 Å². The van der Waals surface area contributed by atoms with E-state index in [1.807, 2.05) is 0 Å². The molecule has 14 heavy (non-hydrogen) atoms. The van der Waals surface area contributed by atoms with Gasteiger partial charge >= 0.3 is 5.97 Å². The highest BCUT2D eigenvalue weighted by atomic mass is 127. The van der Waals surface area contributed by atoms with Gasteiger partial charge in [-0.15, -0.1) is 0 Å². The van der Waals surface area contributed by atoms with Crippen LogP contribution in [0.25, 0.3) is 0 Å². The molecule has 2 N–H and O–H groups in total. The second-order valence-electron chi connectivity index (χ2n) is 2.97. The highest BCUT2D eigenvalue weighted by molar-refractivity contribution is 14.1. The van der Waals surface area contributed by atoms with Gasteiger partial charge in [0.15, 0.2) is 0 Å². The lowest BCUT2D eigenvalue weighted by Gasteiger charge is -2.12. The van der Waals surface area contributed by atoms with E-state index in [0.717, 1.165) is 0 Å². The van der Waals surface area contributed by atoms with Gasteiger partial charge in [-0.1, -0.05) is 22.6 Å². The summed E-state index contributed by atoms with van der Waals surface area (Å²) in [4.78, 5) is 32.4. The number of imide groups is 1. The van der Waals surface area contributed by atoms with Gasteiger partial charge in [-0.2, -0.15) is 5.06 Å². The highest BCUT2D eigenvalue weighted by Crippen LogP contribution is 2.28. The van der Waals surface area contributed by atoms with Crippen LogP contribution in [0.1, 0.15) is 12.8 Å². The number of aliphatic carboxylic acids is 1. The molecule has 0 spiro atoms. The molecule has 0 radical (unpaired) electrons. The van der Waals surface area contributed by atoms with E-state index < -0.39 is 27.6 Å². The number of carbonyl (C=O) groups excluding carboxylic acids is 2. The molecule has 0 aromatic heterocycles. The van der Waals surface area contributed by atoms with Gasteiger partial charge in [0.25, 0.3) is 11.8 Å². The van der Waals surface area contributed by atoms with E-state index in [2.05, 4.69) is 0 Å². The van der Waals surface area contributed by atoms with E-state index in [0.29, 0.717) is 0 Å². The lowest BCUT2D eigenvalue weighted by Crippen LogP contribution is -2.30. The van der Waals surface area contributed by atoms with Gasteiger partial charge in [-0.3, -0.25) is 19.6 Å². The average molecular weight is 313 g/mol. The summed E-state index contributed by atoms with van der Waals surface area (Å²) in [6.07, 6.45) is -0.311. The SMILES string of the molecule is O=C(O)C[C@H](I)C1CC(=O)N(O)C1=O. The molecule has 0 aliphatic carbocycles. The summed E-state index contributed by atoms with van der Waals surface area (Å²) in [5.74, 6) is -3.13. The van der Waals surface area contributed by atoms with Crippen LogP contribution in [-0.2, 0) is 14.4 Å². The second-order valence-corrected chi connectivity index (χ2v) is 4.57. The fourth-order valence-corrected chi connectivity index (χ4v) is 2.17. The van der Waals surface area contributed by atoms with Crippen molar-refractivity contribution in [2.75, 3.05) is 0 Å². The zero-order valence-corrected chi connectivity index (χ0v) is 9.17. The van der Waals surface area contributed by atoms with Crippen LogP contribution in [0.15, 0.2) is 0 Å². The Hall–Kier alpha value is -0.700. The van der Waals surface area contributed by atoms with Gasteiger partial charge in [0, 0.05) is 10.3 Å². The minimum Gasteiger partial charge on any atom is -0.481 e. The molecule has 2 amide bonds. The summed E-state index contributed by atoms with van der Waals surface area (Å²) < 4.78 is -0.473. The standard InChI is InChI=1S/C7H8INO5/c8-4(2-6(11)12)3-1-5(10)9(14)7(3)13/h3-4,14H,1-2H2,(H,11,12)/t3?,4-/m0/s1. The third kappa shape index (κ3) is 2.21. The van der Waals surface area contributed by atoms with Gasteiger partial charge in [-0.05, 0) is 0 Å². The predicted octanol–water partition coefficient (Wildman–Crippen LogP) is 0.0290. The number of amides is 2. The zero-order valence-electron chi connectivity index (χ0n) is 7.01. The number of carboxylic acid groups (broad SMARTS) is 1. The largest absolute Gasteiger partial charge is 0.481 e. The summed E-state index contributed by atoms with van der Waals surface area (Å²) >= 11 is 1.80. The van der Waals surface area contributed by atoms with Gasteiger partial charge in [-0.25, -0.2) is 0 Å². The van der Waals surface area contributed by atoms with Crippen LogP contribution in [-0.4, -0.2) is 37.1 Å². The van der Waals surface area contributed by atoms with E-state index in [1.54, 1.807) is 22.6 Å². The van der Waals surface area contributed by atoms with Crippen molar-refractivity contribution >= 4 is 40.4 Å². The van der Waals surface area contributed by atoms with Gasteiger partial charge in [0.05, 0.1) is 12.3 Å². The monoisotopic (exact) mass is 313 g/mol. The molecular weight excluding hydrogens is 305 g/mol. The van der Waals surface area contributed by atoms with Crippen molar-refractivity contribution in [3.63, 3.8) is 0 Å². The number of nitrogens with zero attached hydrogens (tertiary/aromatic N) is 1. The Morgan fingerprint density at radius 2 is 2.21 bits per heavy atom. The van der Waals surface area contributed by atoms with E-state index in [9.17, 15) is 14.4 Å². The fraction of sp³-hybridized carbons (Fsp3) is 0.571. The lowest BCUT2D eigenvalue weighted by atomic mass is 10.0. The summed E-state index contributed by atoms with van der Waals surface area (Å²) in [7, 11) is 0. The Bertz CT molecular complexity index is 292. The van der Waals surface area contributed by atoms with Crippen molar-refractivity contribution in [3.8, 4) is 0 Å². The number of hydrogen-bond acceptors (Lipinski definition) is 4. The molecule has 0 saturated carbocycles. The summed E-state index contributed by atoms with van der Waals surface area (Å²) in [6, 6.07) is 0. The summed E-state index contributed by atoms with van der Waals surface area (Å²) in [6.45, 7) is 0. The fourth-order valence-electron chi connectivity index (χ4n) is 1.23. The molecule has 2 atom stereocenters. The molecule has 1 aliphatic rings. The topological polar surface area (TPSA) is 94.9 Å². The Morgan fingerprint density at radius 3 is 2.57 bits per heavy atom. The molecule has 78 valence electrons. The number of hydrogen-bond donors (Lipinski definition) is 2. The van der Waals surface area contributed by atoms with Crippen LogP contribution >= 0.6 is 22.6 Å². The first-order valence-corrected chi connectivity index (χ1v) is 5.09. The molecule has 0 aromatic carbocycles. The minimum absolute atomic E-state index is 0.0676. The number of alkyl halides is 1. The molecule has 1 rings (SSSR count). The Labute approximate surface area is 93.0 Å². The first-order chi connectivity index (χ1) is 6.43. The molecule has 7 heteroatoms. The predicted molar refractivity (Wildman–Crippen MR) is 51.8 cm³/mol. The summed E-state index contributed by atoms with van der Waals surface area (Å²) in [5.41, 5.74) is 0. The van der Waals surface area contributed by atoms with Crippen molar-refractivity contribution in [1.29, 1.82) is 0 Å². The van der Waals surface area contributed by atoms with Crippen LogP contribution in [0.4, 0.5) is 0 Å². The quantitative estimate of drug-likeness (QED) is 0.332. The van der Waals surface area contributed by atoms with Crippen LogP contribution in [0.2, 0.25) is 0 Å². The molecule has 1 fully saturated rings. The number of hydroxylamine groups is 2. The Morgan fingerprint density at radius 1 is 1.64 bits per heavy atom. The maximum atomic E-state index is 11.2. The first-order valence-electron chi connectivity index (χ1n) is 3.85. The third-order valence-corrected chi connectivity index (χ3v) is 3.27. The van der Waals surface area contributed by atoms with Gasteiger partial charge in [0.2, 0.25) is 0 Å². The van der Waals surface area contributed by atoms with Crippen molar-refractivity contribution in [2.24, 2.45) is 5.92 Å². The number of carboxylic acids is 1. The number of halogens is 1. The Balaban J connectivity index is 2.66. The molecule has 6 nitrogen and oxygen atoms in total. The minimum atomic E-state index is -1.03. The molecular formula is C7H8INO5. The van der Waals surface area contributed by atoms with Crippen LogP contribution in [0, 0.1) is 5.92 Å². The number of carbonyl (C=O) groups is 3. The van der Waals surface area contributed by atoms with Crippen molar-refractivity contribution in [2.45, 2.75) is 16.8 Å². The zero-order chi connectivity index (χ0) is 10.9. The maximum Gasteiger partial charge on any atom is 0.304 e. The molecule has 1 unspecified atom stereocenters. The molecule has 1 saturated heterocycles. The van der Waals surface area contributed by atoms with Crippen molar-refractivity contribution in [3.05, 3.63) is 0 Å². The molecule has 0 aromatic rings. The van der Waals surface area contributed by atoms with E-state index in [-0.39, 0.29) is 17.9 Å². The van der Waals surface area contributed by atoms with Crippen LogP contribution in [0.5, 0.6) is 0 Å². The molecule has 0 bridgehead atoms. The molecule has 1 heterocycles. The lowest BCUT2D eigenvalue weighted by molar-refractivity contribution is -0.172. The van der Waals surface area contributed by atoms with Gasteiger partial charge < -0.3 is 5.11 Å². The average Bonchev–Trinajstić information content (AvgIpc) is 2.32. The highest BCUT2D eigenvalue weighted by Gasteiger charge is 2.42. The third-order valence-electron chi connectivity index (χ3n) is 1.96. The molecule has 1 aliphatic heterocycles. The number of rotatable bonds is 3. The van der Waals surface area contributed by atoms with Crippen LogP contribution < -0.4 is 0 Å².